The van der Waals surface area contributed by atoms with Crippen LogP contribution < -0.4 is 4.74 Å². The lowest BCUT2D eigenvalue weighted by Gasteiger charge is -2.27. The smallest absolute Gasteiger partial charge is 0.188 e. The SMILES string of the molecule is COCCOc1cc2[nH]nc(-c3cc(-c4ccc([S+]([O-])N5CCOCC5)cc4)no3)c2cc1F. The lowest BCUT2D eigenvalue weighted by molar-refractivity contribution is 0.0730. The Morgan fingerprint density at radius 3 is 2.71 bits per heavy atom. The van der Waals surface area contributed by atoms with Gasteiger partial charge in [-0.2, -0.15) is 5.10 Å². The van der Waals surface area contributed by atoms with Gasteiger partial charge in [-0.1, -0.05) is 5.16 Å². The fraction of sp³-hybridized carbons (Fsp3) is 0.304. The highest BCUT2D eigenvalue weighted by Gasteiger charge is 2.25. The van der Waals surface area contributed by atoms with Crippen molar-refractivity contribution in [2.75, 3.05) is 46.6 Å². The fourth-order valence-electron chi connectivity index (χ4n) is 3.68. The molecular formula is C23H23FN4O5S. The molecule has 1 unspecified atom stereocenters. The number of nitrogens with zero attached hydrogens (tertiary/aromatic N) is 3. The summed E-state index contributed by atoms with van der Waals surface area (Å²) >= 11 is -1.23. The van der Waals surface area contributed by atoms with Crippen molar-refractivity contribution in [2.24, 2.45) is 0 Å². The summed E-state index contributed by atoms with van der Waals surface area (Å²) in [4.78, 5) is 0.715. The average molecular weight is 487 g/mol. The summed E-state index contributed by atoms with van der Waals surface area (Å²) in [7, 11) is 1.55. The molecule has 0 saturated carbocycles. The van der Waals surface area contributed by atoms with Crippen LogP contribution in [0.1, 0.15) is 0 Å². The minimum atomic E-state index is -1.23. The number of methoxy groups -OCH3 is 1. The van der Waals surface area contributed by atoms with E-state index in [1.807, 2.05) is 28.6 Å². The maximum absolute atomic E-state index is 14.5. The molecule has 5 rings (SSSR count). The second-order valence-corrected chi connectivity index (χ2v) is 9.12. The zero-order valence-electron chi connectivity index (χ0n) is 18.5. The number of hydrogen-bond acceptors (Lipinski definition) is 8. The molecule has 1 atom stereocenters. The number of H-pyrrole nitrogens is 1. The molecule has 1 fully saturated rings. The minimum Gasteiger partial charge on any atom is -0.593 e. The molecule has 2 aromatic heterocycles. The van der Waals surface area contributed by atoms with Gasteiger partial charge in [-0.05, 0) is 30.3 Å². The molecule has 1 aliphatic heterocycles. The predicted molar refractivity (Wildman–Crippen MR) is 123 cm³/mol. The monoisotopic (exact) mass is 486 g/mol. The van der Waals surface area contributed by atoms with Crippen LogP contribution in [-0.2, 0) is 20.8 Å². The first-order valence-electron chi connectivity index (χ1n) is 10.8. The summed E-state index contributed by atoms with van der Waals surface area (Å²) in [5, 5.41) is 11.9. The van der Waals surface area contributed by atoms with Crippen molar-refractivity contribution in [1.29, 1.82) is 0 Å². The van der Waals surface area contributed by atoms with E-state index in [9.17, 15) is 8.94 Å². The lowest BCUT2D eigenvalue weighted by Crippen LogP contribution is -2.40. The Hall–Kier alpha value is -2.96. The Labute approximate surface area is 198 Å². The van der Waals surface area contributed by atoms with E-state index in [1.54, 1.807) is 19.2 Å². The van der Waals surface area contributed by atoms with Crippen LogP contribution in [0.15, 0.2) is 51.9 Å². The summed E-state index contributed by atoms with van der Waals surface area (Å²) in [6, 6.07) is 12.0. The first kappa shape index (κ1) is 22.8. The molecule has 3 heterocycles. The van der Waals surface area contributed by atoms with E-state index < -0.39 is 17.2 Å². The van der Waals surface area contributed by atoms with Gasteiger partial charge < -0.3 is 23.3 Å². The van der Waals surface area contributed by atoms with Gasteiger partial charge in [0, 0.05) is 30.2 Å². The van der Waals surface area contributed by atoms with Crippen LogP contribution in [0.25, 0.3) is 33.6 Å². The maximum Gasteiger partial charge on any atom is 0.188 e. The zero-order chi connectivity index (χ0) is 23.5. The number of halogens is 1. The fourth-order valence-corrected chi connectivity index (χ4v) is 4.83. The second-order valence-electron chi connectivity index (χ2n) is 7.63. The molecule has 1 saturated heterocycles. The highest BCUT2D eigenvalue weighted by molar-refractivity contribution is 7.89. The zero-order valence-corrected chi connectivity index (χ0v) is 19.3. The topological polar surface area (TPSA) is 109 Å². The Morgan fingerprint density at radius 2 is 1.94 bits per heavy atom. The maximum atomic E-state index is 14.5. The van der Waals surface area contributed by atoms with Gasteiger partial charge in [0.2, 0.25) is 0 Å². The summed E-state index contributed by atoms with van der Waals surface area (Å²) in [5.41, 5.74) is 2.45. The molecule has 34 heavy (non-hydrogen) atoms. The molecule has 1 N–H and O–H groups in total. The van der Waals surface area contributed by atoms with Crippen molar-refractivity contribution < 1.29 is 27.7 Å². The van der Waals surface area contributed by atoms with Crippen LogP contribution >= 0.6 is 0 Å². The Balaban J connectivity index is 1.35. The van der Waals surface area contributed by atoms with E-state index in [4.69, 9.17) is 18.7 Å². The van der Waals surface area contributed by atoms with Crippen LogP contribution in [-0.4, -0.2) is 70.8 Å². The van der Waals surface area contributed by atoms with Crippen molar-refractivity contribution in [1.82, 2.24) is 19.7 Å². The van der Waals surface area contributed by atoms with Crippen molar-refractivity contribution in [3.63, 3.8) is 0 Å². The van der Waals surface area contributed by atoms with Gasteiger partial charge >= 0.3 is 0 Å². The minimum absolute atomic E-state index is 0.118. The first-order valence-corrected chi connectivity index (χ1v) is 11.9. The molecule has 0 spiro atoms. The van der Waals surface area contributed by atoms with E-state index in [2.05, 4.69) is 15.4 Å². The average Bonchev–Trinajstić information content (AvgIpc) is 3.51. The molecule has 178 valence electrons. The van der Waals surface area contributed by atoms with Crippen LogP contribution in [0.3, 0.4) is 0 Å². The van der Waals surface area contributed by atoms with Gasteiger partial charge in [-0.3, -0.25) is 5.10 Å². The highest BCUT2D eigenvalue weighted by Crippen LogP contribution is 2.33. The largest absolute Gasteiger partial charge is 0.593 e. The molecule has 4 aromatic rings. The number of ether oxygens (including phenoxy) is 3. The molecule has 1 aliphatic rings. The van der Waals surface area contributed by atoms with Gasteiger partial charge in [0.15, 0.2) is 22.2 Å². The summed E-state index contributed by atoms with van der Waals surface area (Å²) in [5.74, 6) is 0.0112. The number of benzene rings is 2. The van der Waals surface area contributed by atoms with Crippen LogP contribution in [0.4, 0.5) is 4.39 Å². The van der Waals surface area contributed by atoms with Crippen molar-refractivity contribution in [2.45, 2.75) is 4.90 Å². The van der Waals surface area contributed by atoms with Crippen molar-refractivity contribution in [3.8, 4) is 28.5 Å². The normalized spacial score (nSPS) is 15.6. The van der Waals surface area contributed by atoms with Gasteiger partial charge in [0.05, 0.1) is 49.8 Å². The molecular weight excluding hydrogens is 463 g/mol. The number of hydrogen-bond donors (Lipinski definition) is 1. The quantitative estimate of drug-likeness (QED) is 0.298. The lowest BCUT2D eigenvalue weighted by atomic mass is 10.1. The Bertz CT molecular complexity index is 1260. The third-order valence-corrected chi connectivity index (χ3v) is 6.97. The molecule has 2 aromatic carbocycles. The van der Waals surface area contributed by atoms with E-state index in [1.165, 1.54) is 6.07 Å². The van der Waals surface area contributed by atoms with Crippen LogP contribution in [0.2, 0.25) is 0 Å². The van der Waals surface area contributed by atoms with Gasteiger partial charge in [0.1, 0.15) is 18.0 Å². The Kier molecular flexibility index (Phi) is 6.79. The standard InChI is InChI=1S/C23H23FN4O5S/c1-30-10-11-32-21-14-20-17(12-18(21)24)23(26-25-20)22-13-19(27-33-22)15-2-4-16(5-3-15)34(29)28-6-8-31-9-7-28/h2-5,12-14H,6-11H2,1H3,(H,25,26). The summed E-state index contributed by atoms with van der Waals surface area (Å²) in [6.45, 7) is 3.04. The molecule has 0 radical (unpaired) electrons. The van der Waals surface area contributed by atoms with Gasteiger partial charge in [0.25, 0.3) is 0 Å². The number of rotatable bonds is 8. The number of aromatic nitrogens is 3. The van der Waals surface area contributed by atoms with E-state index in [0.717, 1.165) is 5.56 Å². The molecule has 0 aliphatic carbocycles. The van der Waals surface area contributed by atoms with Gasteiger partial charge in [-0.15, -0.1) is 4.31 Å². The molecule has 11 heteroatoms. The molecule has 9 nitrogen and oxygen atoms in total. The highest BCUT2D eigenvalue weighted by atomic mass is 32.2. The van der Waals surface area contributed by atoms with Crippen molar-refractivity contribution in [3.05, 3.63) is 48.3 Å². The number of morpholine rings is 1. The van der Waals surface area contributed by atoms with Crippen molar-refractivity contribution >= 4 is 22.3 Å². The molecule has 0 amide bonds. The Morgan fingerprint density at radius 1 is 1.15 bits per heavy atom. The number of aromatic amines is 1. The second kappa shape index (κ2) is 10.1. The third kappa shape index (κ3) is 4.65. The number of nitrogens with one attached hydrogen (secondary N) is 1. The van der Waals surface area contributed by atoms with Gasteiger partial charge in [-0.25, -0.2) is 4.39 Å². The molecule has 0 bridgehead atoms. The van der Waals surface area contributed by atoms with Crippen LogP contribution in [0, 0.1) is 5.82 Å². The van der Waals surface area contributed by atoms with Crippen LogP contribution in [0.5, 0.6) is 5.75 Å². The van der Waals surface area contributed by atoms with E-state index >= 15 is 0 Å². The van der Waals surface area contributed by atoms with E-state index in [-0.39, 0.29) is 12.4 Å². The predicted octanol–water partition coefficient (Wildman–Crippen LogP) is 3.40. The summed E-state index contributed by atoms with van der Waals surface area (Å²) < 4.78 is 50.3. The van der Waals surface area contributed by atoms with E-state index in [0.29, 0.717) is 65.9 Å². The number of fused-ring (bicyclic) bond motifs is 1. The summed E-state index contributed by atoms with van der Waals surface area (Å²) in [6.07, 6.45) is 0. The first-order chi connectivity index (χ1) is 16.6. The third-order valence-electron chi connectivity index (χ3n) is 5.46.